The summed E-state index contributed by atoms with van der Waals surface area (Å²) in [6.45, 7) is 0. The smallest absolute Gasteiger partial charge is 0.248 e. The van der Waals surface area contributed by atoms with E-state index in [-0.39, 0.29) is 5.82 Å². The van der Waals surface area contributed by atoms with Gasteiger partial charge in [-0.25, -0.2) is 4.39 Å². The summed E-state index contributed by atoms with van der Waals surface area (Å²) in [4.78, 5) is 0. The Kier molecular flexibility index (Phi) is 4.17. The number of aromatic nitrogens is 4. The van der Waals surface area contributed by atoms with Crippen molar-refractivity contribution in [2.24, 2.45) is 0 Å². The second-order valence-corrected chi connectivity index (χ2v) is 7.59. The van der Waals surface area contributed by atoms with Crippen molar-refractivity contribution in [1.82, 2.24) is 20.2 Å². The van der Waals surface area contributed by atoms with E-state index in [0.717, 1.165) is 28.1 Å². The second kappa shape index (κ2) is 7.19. The zero-order valence-corrected chi connectivity index (χ0v) is 17.1. The van der Waals surface area contributed by atoms with Crippen LogP contribution < -0.4 is 14.8 Å². The number of anilines is 1. The van der Waals surface area contributed by atoms with Crippen LogP contribution in [0, 0.1) is 5.82 Å². The fraction of sp³-hybridized carbons (Fsp3) is 0.125. The number of nitrogens with one attached hydrogen (secondary N) is 1. The zero-order valence-electron chi connectivity index (χ0n) is 17.1. The Morgan fingerprint density at radius 3 is 2.59 bits per heavy atom. The van der Waals surface area contributed by atoms with Gasteiger partial charge in [0.1, 0.15) is 23.4 Å². The third-order valence-corrected chi connectivity index (χ3v) is 5.86. The van der Waals surface area contributed by atoms with Crippen molar-refractivity contribution in [3.8, 4) is 11.5 Å². The maximum atomic E-state index is 15.0. The van der Waals surface area contributed by atoms with Gasteiger partial charge in [0, 0.05) is 16.7 Å². The summed E-state index contributed by atoms with van der Waals surface area (Å²) >= 11 is 0. The molecule has 2 aliphatic rings. The van der Waals surface area contributed by atoms with E-state index < -0.39 is 12.1 Å². The molecule has 6 rings (SSSR count). The number of para-hydroxylation sites is 1. The lowest BCUT2D eigenvalue weighted by Gasteiger charge is -2.38. The molecule has 0 amide bonds. The van der Waals surface area contributed by atoms with Crippen molar-refractivity contribution in [3.05, 3.63) is 101 Å². The highest BCUT2D eigenvalue weighted by molar-refractivity contribution is 5.85. The summed E-state index contributed by atoms with van der Waals surface area (Å²) in [6, 6.07) is 21.7. The van der Waals surface area contributed by atoms with E-state index in [9.17, 15) is 4.39 Å². The first-order valence-electron chi connectivity index (χ1n) is 10.2. The minimum absolute atomic E-state index is 0.334. The van der Waals surface area contributed by atoms with Gasteiger partial charge in [-0.3, -0.25) is 0 Å². The fourth-order valence-electron chi connectivity index (χ4n) is 4.39. The predicted molar refractivity (Wildman–Crippen MR) is 116 cm³/mol. The van der Waals surface area contributed by atoms with Gasteiger partial charge in [-0.05, 0) is 46.3 Å². The van der Waals surface area contributed by atoms with E-state index in [4.69, 9.17) is 9.47 Å². The first-order valence-corrected chi connectivity index (χ1v) is 10.2. The van der Waals surface area contributed by atoms with Gasteiger partial charge in [0.2, 0.25) is 5.95 Å². The van der Waals surface area contributed by atoms with Crippen LogP contribution in [0.5, 0.6) is 11.5 Å². The molecule has 158 valence electrons. The predicted octanol–water partition coefficient (Wildman–Crippen LogP) is 4.38. The van der Waals surface area contributed by atoms with E-state index >= 15 is 0 Å². The van der Waals surface area contributed by atoms with E-state index in [1.54, 1.807) is 23.9 Å². The van der Waals surface area contributed by atoms with E-state index in [2.05, 4.69) is 20.8 Å². The van der Waals surface area contributed by atoms with Crippen LogP contribution in [0.4, 0.5) is 10.3 Å². The second-order valence-electron chi connectivity index (χ2n) is 7.59. The zero-order chi connectivity index (χ0) is 21.7. The Bertz CT molecular complexity index is 1350. The fourth-order valence-corrected chi connectivity index (χ4v) is 4.39. The van der Waals surface area contributed by atoms with Gasteiger partial charge in [-0.1, -0.05) is 47.6 Å². The van der Waals surface area contributed by atoms with Crippen LogP contribution in [0.1, 0.15) is 28.8 Å². The van der Waals surface area contributed by atoms with Crippen molar-refractivity contribution >= 4 is 11.6 Å². The molecule has 0 fully saturated rings. The molecule has 2 aliphatic heterocycles. The minimum atomic E-state index is -0.668. The number of halogens is 1. The first kappa shape index (κ1) is 18.6. The molecule has 1 aromatic heterocycles. The first-order chi connectivity index (χ1) is 15.7. The number of hydrogen-bond donors (Lipinski definition) is 1. The van der Waals surface area contributed by atoms with Gasteiger partial charge in [0.05, 0.1) is 12.8 Å². The quantitative estimate of drug-likeness (QED) is 0.523. The highest BCUT2D eigenvalue weighted by Gasteiger charge is 2.42. The summed E-state index contributed by atoms with van der Waals surface area (Å²) in [7, 11) is 1.62. The van der Waals surface area contributed by atoms with Crippen molar-refractivity contribution in [1.29, 1.82) is 0 Å². The van der Waals surface area contributed by atoms with Gasteiger partial charge >= 0.3 is 0 Å². The monoisotopic (exact) mass is 427 g/mol. The number of hydrogen-bond acceptors (Lipinski definition) is 6. The lowest BCUT2D eigenvalue weighted by atomic mass is 9.84. The maximum Gasteiger partial charge on any atom is 0.248 e. The number of rotatable bonds is 3. The largest absolute Gasteiger partial charge is 0.497 e. The molecule has 0 bridgehead atoms. The Hall–Kier alpha value is -4.20. The van der Waals surface area contributed by atoms with Crippen molar-refractivity contribution in [3.63, 3.8) is 0 Å². The molecular weight excluding hydrogens is 409 g/mol. The minimum Gasteiger partial charge on any atom is -0.497 e. The Morgan fingerprint density at radius 2 is 1.78 bits per heavy atom. The van der Waals surface area contributed by atoms with Crippen LogP contribution in [0.2, 0.25) is 0 Å². The molecule has 2 atom stereocenters. The van der Waals surface area contributed by atoms with Crippen molar-refractivity contribution < 1.29 is 13.9 Å². The SMILES string of the molecule is COc1ccc([C@@H]2C3=C(Nc4nnnn42)c2ccccc2O[C@@H]3c2ccccc2F)cc1. The van der Waals surface area contributed by atoms with E-state index in [1.807, 2.05) is 54.6 Å². The number of nitrogens with zero attached hydrogens (tertiary/aromatic N) is 4. The molecule has 0 spiro atoms. The van der Waals surface area contributed by atoms with Crippen LogP contribution in [-0.2, 0) is 0 Å². The summed E-state index contributed by atoms with van der Waals surface area (Å²) < 4.78 is 28.4. The van der Waals surface area contributed by atoms with Gasteiger partial charge in [-0.15, -0.1) is 0 Å². The average molecular weight is 427 g/mol. The number of ether oxygens (including phenoxy) is 2. The Balaban J connectivity index is 1.62. The molecule has 1 N–H and O–H groups in total. The number of methoxy groups -OCH3 is 1. The molecule has 0 unspecified atom stereocenters. The van der Waals surface area contributed by atoms with Crippen LogP contribution in [0.15, 0.2) is 78.4 Å². The highest BCUT2D eigenvalue weighted by atomic mass is 19.1. The topological polar surface area (TPSA) is 74.1 Å². The molecule has 0 radical (unpaired) electrons. The average Bonchev–Trinajstić information content (AvgIpc) is 3.31. The Morgan fingerprint density at radius 1 is 1.00 bits per heavy atom. The van der Waals surface area contributed by atoms with Gasteiger partial charge < -0.3 is 14.8 Å². The van der Waals surface area contributed by atoms with Crippen LogP contribution in [0.25, 0.3) is 5.70 Å². The molecular formula is C24H18FN5O2. The molecule has 0 aliphatic carbocycles. The lowest BCUT2D eigenvalue weighted by molar-refractivity contribution is 0.217. The summed E-state index contributed by atoms with van der Waals surface area (Å²) in [5, 5.41) is 15.6. The standard InChI is InChI=1S/C24H18FN5O2/c1-31-15-12-10-14(11-13-15)22-20-21(26-24-27-28-29-30(22)24)17-7-3-5-9-19(17)32-23(20)16-6-2-4-8-18(16)25/h2-13,22-23H,1H3,(H,26,27,29)/t22-,23-/m1/s1. The number of tetrazole rings is 1. The van der Waals surface area contributed by atoms with E-state index in [1.165, 1.54) is 6.07 Å². The molecule has 7 nitrogen and oxygen atoms in total. The highest BCUT2D eigenvalue weighted by Crippen LogP contribution is 2.50. The third-order valence-electron chi connectivity index (χ3n) is 5.86. The van der Waals surface area contributed by atoms with Crippen molar-refractivity contribution in [2.45, 2.75) is 12.1 Å². The summed E-state index contributed by atoms with van der Waals surface area (Å²) in [5.41, 5.74) is 3.91. The third kappa shape index (κ3) is 2.76. The Labute approximate surface area is 183 Å². The van der Waals surface area contributed by atoms with Crippen LogP contribution in [-0.4, -0.2) is 27.3 Å². The van der Waals surface area contributed by atoms with Gasteiger partial charge in [0.25, 0.3) is 0 Å². The van der Waals surface area contributed by atoms with Gasteiger partial charge in [-0.2, -0.15) is 4.68 Å². The number of benzene rings is 3. The maximum absolute atomic E-state index is 15.0. The van der Waals surface area contributed by atoms with Crippen LogP contribution in [0.3, 0.4) is 0 Å². The molecule has 0 saturated heterocycles. The van der Waals surface area contributed by atoms with Crippen LogP contribution >= 0.6 is 0 Å². The summed E-state index contributed by atoms with van der Waals surface area (Å²) in [5.74, 6) is 1.58. The molecule has 32 heavy (non-hydrogen) atoms. The number of fused-ring (bicyclic) bond motifs is 3. The lowest BCUT2D eigenvalue weighted by Crippen LogP contribution is -2.32. The van der Waals surface area contributed by atoms with Crippen molar-refractivity contribution in [2.75, 3.05) is 12.4 Å². The molecule has 3 aromatic carbocycles. The normalized spacial score (nSPS) is 18.7. The molecule has 3 heterocycles. The molecule has 4 aromatic rings. The van der Waals surface area contributed by atoms with Gasteiger partial charge in [0.15, 0.2) is 6.10 Å². The van der Waals surface area contributed by atoms with E-state index in [0.29, 0.717) is 17.3 Å². The molecule has 0 saturated carbocycles. The molecule has 8 heteroatoms. The summed E-state index contributed by atoms with van der Waals surface area (Å²) in [6.07, 6.45) is -0.668.